The highest BCUT2D eigenvalue weighted by Crippen LogP contribution is 2.26. The molecule has 0 aliphatic carbocycles. The van der Waals surface area contributed by atoms with Crippen molar-refractivity contribution in [3.63, 3.8) is 0 Å². The lowest BCUT2D eigenvalue weighted by atomic mass is 9.97. The Balaban J connectivity index is 1.26. The van der Waals surface area contributed by atoms with Gasteiger partial charge in [0.1, 0.15) is 11.6 Å². The third kappa shape index (κ3) is 4.36. The van der Waals surface area contributed by atoms with Gasteiger partial charge in [0.25, 0.3) is 0 Å². The molecule has 2 aromatic carbocycles. The van der Waals surface area contributed by atoms with Crippen LogP contribution in [0.1, 0.15) is 36.0 Å². The van der Waals surface area contributed by atoms with Gasteiger partial charge in [0, 0.05) is 45.6 Å². The number of benzene rings is 2. The van der Waals surface area contributed by atoms with Crippen molar-refractivity contribution in [2.45, 2.75) is 32.2 Å². The fraction of sp³-hybridized carbons (Fsp3) is 0.435. The third-order valence-corrected chi connectivity index (χ3v) is 5.80. The molecule has 0 bridgehead atoms. The van der Waals surface area contributed by atoms with Gasteiger partial charge >= 0.3 is 0 Å². The molecule has 1 amide bonds. The van der Waals surface area contributed by atoms with Crippen LogP contribution in [0.5, 0.6) is 5.75 Å². The number of piperazine rings is 1. The van der Waals surface area contributed by atoms with Crippen molar-refractivity contribution < 1.29 is 13.9 Å². The number of carbonyl (C=O) groups excluding carboxylic acids is 1. The molecule has 4 nitrogen and oxygen atoms in total. The first-order chi connectivity index (χ1) is 13.6. The van der Waals surface area contributed by atoms with Crippen LogP contribution in [-0.4, -0.2) is 48.5 Å². The Labute approximate surface area is 165 Å². The van der Waals surface area contributed by atoms with Gasteiger partial charge < -0.3 is 9.64 Å². The van der Waals surface area contributed by atoms with Crippen molar-refractivity contribution in [2.24, 2.45) is 0 Å². The number of fused-ring (bicyclic) bond motifs is 1. The van der Waals surface area contributed by atoms with Crippen molar-refractivity contribution in [3.8, 4) is 5.75 Å². The zero-order chi connectivity index (χ0) is 19.5. The third-order valence-electron chi connectivity index (χ3n) is 5.80. The summed E-state index contributed by atoms with van der Waals surface area (Å²) in [4.78, 5) is 17.0. The van der Waals surface area contributed by atoms with E-state index in [0.717, 1.165) is 57.1 Å². The van der Waals surface area contributed by atoms with Gasteiger partial charge in [-0.05, 0) is 40.8 Å². The second-order valence-electron chi connectivity index (χ2n) is 7.85. The van der Waals surface area contributed by atoms with Crippen LogP contribution in [-0.2, 0) is 17.8 Å². The van der Waals surface area contributed by atoms with E-state index in [1.54, 1.807) is 12.1 Å². The van der Waals surface area contributed by atoms with E-state index in [-0.39, 0.29) is 17.6 Å². The quantitative estimate of drug-likeness (QED) is 0.792. The monoisotopic (exact) mass is 382 g/mol. The Morgan fingerprint density at radius 3 is 2.61 bits per heavy atom. The molecular weight excluding hydrogens is 355 g/mol. The molecule has 0 aromatic heterocycles. The average molecular weight is 382 g/mol. The number of hydrogen-bond donors (Lipinski definition) is 0. The number of rotatable bonds is 5. The highest BCUT2D eigenvalue weighted by Gasteiger charge is 2.23. The number of halogens is 1. The summed E-state index contributed by atoms with van der Waals surface area (Å²) in [6, 6.07) is 12.9. The number of amides is 1. The van der Waals surface area contributed by atoms with E-state index in [4.69, 9.17) is 4.74 Å². The van der Waals surface area contributed by atoms with Crippen LogP contribution in [0, 0.1) is 5.82 Å². The SMILES string of the molecule is CC(CC(=O)N1CCN(Cc2ccc3c(c2)CCO3)CC1)c1ccc(F)cc1. The van der Waals surface area contributed by atoms with Crippen LogP contribution in [0.3, 0.4) is 0 Å². The van der Waals surface area contributed by atoms with E-state index in [9.17, 15) is 9.18 Å². The maximum absolute atomic E-state index is 13.1. The minimum absolute atomic E-state index is 0.0970. The molecule has 1 saturated heterocycles. The first kappa shape index (κ1) is 18.9. The van der Waals surface area contributed by atoms with Gasteiger partial charge in [-0.15, -0.1) is 0 Å². The number of nitrogens with zero attached hydrogens (tertiary/aromatic N) is 2. The second-order valence-corrected chi connectivity index (χ2v) is 7.85. The van der Waals surface area contributed by atoms with E-state index >= 15 is 0 Å². The average Bonchev–Trinajstić information content (AvgIpc) is 3.17. The molecule has 2 aliphatic heterocycles. The Morgan fingerprint density at radius 2 is 1.86 bits per heavy atom. The predicted octanol–water partition coefficient (Wildman–Crippen LogP) is 3.60. The van der Waals surface area contributed by atoms with E-state index in [1.165, 1.54) is 23.3 Å². The number of ether oxygens (including phenoxy) is 1. The molecule has 0 N–H and O–H groups in total. The summed E-state index contributed by atoms with van der Waals surface area (Å²) in [5, 5.41) is 0. The van der Waals surface area contributed by atoms with Gasteiger partial charge in [-0.3, -0.25) is 9.69 Å². The van der Waals surface area contributed by atoms with Crippen molar-refractivity contribution in [2.75, 3.05) is 32.8 Å². The molecule has 1 unspecified atom stereocenters. The van der Waals surface area contributed by atoms with Crippen LogP contribution in [0.4, 0.5) is 4.39 Å². The van der Waals surface area contributed by atoms with Crippen molar-refractivity contribution >= 4 is 5.91 Å². The summed E-state index contributed by atoms with van der Waals surface area (Å²) in [5.74, 6) is 1.06. The van der Waals surface area contributed by atoms with E-state index < -0.39 is 0 Å². The van der Waals surface area contributed by atoms with Crippen LogP contribution in [0.2, 0.25) is 0 Å². The first-order valence-electron chi connectivity index (χ1n) is 10.1. The standard InChI is InChI=1S/C23H27FN2O2/c1-17(19-3-5-21(24)6-4-19)14-23(27)26-11-9-25(10-12-26)16-18-2-7-22-20(15-18)8-13-28-22/h2-7,15,17H,8-14,16H2,1H3. The Kier molecular flexibility index (Phi) is 5.62. The summed E-state index contributed by atoms with van der Waals surface area (Å²) in [5.41, 5.74) is 3.63. The zero-order valence-corrected chi connectivity index (χ0v) is 16.4. The van der Waals surface area contributed by atoms with E-state index in [2.05, 4.69) is 23.1 Å². The normalized spacial score (nSPS) is 17.9. The van der Waals surface area contributed by atoms with Crippen LogP contribution in [0.25, 0.3) is 0 Å². The van der Waals surface area contributed by atoms with Gasteiger partial charge in [0.15, 0.2) is 0 Å². The van der Waals surface area contributed by atoms with Gasteiger partial charge in [-0.2, -0.15) is 0 Å². The fourth-order valence-corrected chi connectivity index (χ4v) is 4.05. The van der Waals surface area contributed by atoms with Crippen LogP contribution in [0.15, 0.2) is 42.5 Å². The lowest BCUT2D eigenvalue weighted by molar-refractivity contribution is -0.133. The zero-order valence-electron chi connectivity index (χ0n) is 16.4. The number of carbonyl (C=O) groups is 1. The maximum atomic E-state index is 13.1. The van der Waals surface area contributed by atoms with Crippen LogP contribution < -0.4 is 4.74 Å². The van der Waals surface area contributed by atoms with Crippen molar-refractivity contribution in [1.82, 2.24) is 9.80 Å². The lowest BCUT2D eigenvalue weighted by Gasteiger charge is -2.35. The molecule has 28 heavy (non-hydrogen) atoms. The smallest absolute Gasteiger partial charge is 0.223 e. The maximum Gasteiger partial charge on any atom is 0.223 e. The van der Waals surface area contributed by atoms with Gasteiger partial charge in [-0.1, -0.05) is 31.2 Å². The largest absolute Gasteiger partial charge is 0.493 e. The van der Waals surface area contributed by atoms with E-state index in [0.29, 0.717) is 6.42 Å². The molecule has 1 atom stereocenters. The predicted molar refractivity (Wildman–Crippen MR) is 107 cm³/mol. The van der Waals surface area contributed by atoms with Gasteiger partial charge in [-0.25, -0.2) is 4.39 Å². The molecule has 1 fully saturated rings. The Bertz CT molecular complexity index is 829. The molecule has 5 heteroatoms. The number of hydrogen-bond acceptors (Lipinski definition) is 3. The van der Waals surface area contributed by atoms with Crippen molar-refractivity contribution in [1.29, 1.82) is 0 Å². The topological polar surface area (TPSA) is 32.8 Å². The molecule has 0 spiro atoms. The Morgan fingerprint density at radius 1 is 1.11 bits per heavy atom. The van der Waals surface area contributed by atoms with E-state index in [1.807, 2.05) is 11.8 Å². The molecule has 4 rings (SSSR count). The summed E-state index contributed by atoms with van der Waals surface area (Å²) >= 11 is 0. The highest BCUT2D eigenvalue weighted by atomic mass is 19.1. The van der Waals surface area contributed by atoms with Crippen molar-refractivity contribution in [3.05, 3.63) is 65.0 Å². The molecule has 2 aliphatic rings. The first-order valence-corrected chi connectivity index (χ1v) is 10.1. The molecule has 2 heterocycles. The summed E-state index contributed by atoms with van der Waals surface area (Å²) in [7, 11) is 0. The lowest BCUT2D eigenvalue weighted by Crippen LogP contribution is -2.48. The highest BCUT2D eigenvalue weighted by molar-refractivity contribution is 5.77. The molecule has 0 radical (unpaired) electrons. The molecule has 148 valence electrons. The fourth-order valence-electron chi connectivity index (χ4n) is 4.05. The molecular formula is C23H27FN2O2. The molecule has 0 saturated carbocycles. The minimum atomic E-state index is -0.241. The summed E-state index contributed by atoms with van der Waals surface area (Å²) in [6.45, 7) is 7.05. The Hall–Kier alpha value is -2.40. The van der Waals surface area contributed by atoms with Crippen LogP contribution >= 0.6 is 0 Å². The minimum Gasteiger partial charge on any atom is -0.493 e. The molecule has 2 aromatic rings. The summed E-state index contributed by atoms with van der Waals surface area (Å²) < 4.78 is 18.7. The second kappa shape index (κ2) is 8.31. The van der Waals surface area contributed by atoms with Gasteiger partial charge in [0.2, 0.25) is 5.91 Å². The summed E-state index contributed by atoms with van der Waals surface area (Å²) in [6.07, 6.45) is 1.47. The van der Waals surface area contributed by atoms with Gasteiger partial charge in [0.05, 0.1) is 6.61 Å².